The van der Waals surface area contributed by atoms with Gasteiger partial charge in [-0.25, -0.2) is 9.59 Å². The second-order valence-corrected chi connectivity index (χ2v) is 9.57. The Labute approximate surface area is 205 Å². The molecule has 0 radical (unpaired) electrons. The van der Waals surface area contributed by atoms with Crippen LogP contribution in [0, 0.1) is 5.92 Å². The van der Waals surface area contributed by atoms with Crippen LogP contribution in [0.1, 0.15) is 50.6 Å². The summed E-state index contributed by atoms with van der Waals surface area (Å²) in [6.45, 7) is 5.08. The largest absolute Gasteiger partial charge is 0.463 e. The molecule has 1 aromatic rings. The standard InChI is InChI=1S/C25H33ClN4O4/c1-2-34-24(32)21-20(27-25(33)28-22(21)17-8-10-19(26)11-9-17)16-29-12-14-30(15-13-29)23(31)18-6-4-3-5-7-18/h8-11,18,22H,2-7,12-16H2,1H3,(H2,27,28,33). The summed E-state index contributed by atoms with van der Waals surface area (Å²) in [7, 11) is 0. The van der Waals surface area contributed by atoms with Crippen molar-refractivity contribution in [3.8, 4) is 0 Å². The maximum absolute atomic E-state index is 13.0. The highest BCUT2D eigenvalue weighted by Gasteiger charge is 2.35. The molecular formula is C25H33ClN4O4. The van der Waals surface area contributed by atoms with Crippen LogP contribution in [0.5, 0.6) is 0 Å². The van der Waals surface area contributed by atoms with Crippen molar-refractivity contribution in [2.45, 2.75) is 45.1 Å². The van der Waals surface area contributed by atoms with Crippen molar-refractivity contribution < 1.29 is 19.1 Å². The smallest absolute Gasteiger partial charge is 0.338 e. The fourth-order valence-corrected chi connectivity index (χ4v) is 5.18. The van der Waals surface area contributed by atoms with Crippen molar-refractivity contribution in [2.75, 3.05) is 39.3 Å². The van der Waals surface area contributed by atoms with Crippen molar-refractivity contribution in [1.29, 1.82) is 0 Å². The van der Waals surface area contributed by atoms with E-state index in [2.05, 4.69) is 15.5 Å². The van der Waals surface area contributed by atoms with Gasteiger partial charge < -0.3 is 20.3 Å². The van der Waals surface area contributed by atoms with Gasteiger partial charge in [-0.15, -0.1) is 0 Å². The van der Waals surface area contributed by atoms with Crippen molar-refractivity contribution in [3.05, 3.63) is 46.1 Å². The minimum absolute atomic E-state index is 0.169. The van der Waals surface area contributed by atoms with Crippen molar-refractivity contribution in [2.24, 2.45) is 5.92 Å². The first kappa shape index (κ1) is 24.5. The molecule has 2 aliphatic heterocycles. The highest BCUT2D eigenvalue weighted by molar-refractivity contribution is 6.30. The van der Waals surface area contributed by atoms with Crippen LogP contribution in [0.25, 0.3) is 0 Å². The fourth-order valence-electron chi connectivity index (χ4n) is 5.06. The second kappa shape index (κ2) is 11.2. The van der Waals surface area contributed by atoms with Gasteiger partial charge in [0.1, 0.15) is 0 Å². The summed E-state index contributed by atoms with van der Waals surface area (Å²) >= 11 is 6.03. The zero-order valence-electron chi connectivity index (χ0n) is 19.6. The summed E-state index contributed by atoms with van der Waals surface area (Å²) in [6, 6.07) is 6.06. The van der Waals surface area contributed by atoms with E-state index in [0.29, 0.717) is 49.0 Å². The molecule has 4 rings (SSSR count). The van der Waals surface area contributed by atoms with Crippen molar-refractivity contribution >= 4 is 29.5 Å². The van der Waals surface area contributed by atoms with E-state index in [1.54, 1.807) is 31.2 Å². The van der Waals surface area contributed by atoms with Gasteiger partial charge in [0.15, 0.2) is 0 Å². The van der Waals surface area contributed by atoms with Crippen LogP contribution in [0.15, 0.2) is 35.5 Å². The third-order valence-electron chi connectivity index (χ3n) is 6.87. The van der Waals surface area contributed by atoms with E-state index < -0.39 is 12.0 Å². The predicted octanol–water partition coefficient (Wildman–Crippen LogP) is 3.24. The van der Waals surface area contributed by atoms with Crippen molar-refractivity contribution in [1.82, 2.24) is 20.4 Å². The lowest BCUT2D eigenvalue weighted by Gasteiger charge is -2.38. The highest BCUT2D eigenvalue weighted by Crippen LogP contribution is 2.30. The number of piperazine rings is 1. The van der Waals surface area contributed by atoms with Crippen LogP contribution in [0.4, 0.5) is 4.79 Å². The van der Waals surface area contributed by atoms with Crippen LogP contribution >= 0.6 is 11.6 Å². The normalized spacial score (nSPS) is 22.2. The van der Waals surface area contributed by atoms with Crippen LogP contribution in [-0.2, 0) is 14.3 Å². The van der Waals surface area contributed by atoms with Crippen LogP contribution in [0.3, 0.4) is 0 Å². The lowest BCUT2D eigenvalue weighted by Crippen LogP contribution is -2.53. The molecule has 34 heavy (non-hydrogen) atoms. The van der Waals surface area contributed by atoms with Crippen LogP contribution in [0.2, 0.25) is 5.02 Å². The SMILES string of the molecule is CCOC(=O)C1=C(CN2CCN(C(=O)C3CCCCC3)CC2)NC(=O)NC1c1ccc(Cl)cc1. The monoisotopic (exact) mass is 488 g/mol. The number of esters is 1. The van der Waals surface area contributed by atoms with Gasteiger partial charge in [0.2, 0.25) is 5.91 Å². The lowest BCUT2D eigenvalue weighted by molar-refractivity contribution is -0.139. The number of ether oxygens (including phenoxy) is 1. The van der Waals surface area contributed by atoms with Crippen LogP contribution < -0.4 is 10.6 Å². The number of urea groups is 1. The van der Waals surface area contributed by atoms with E-state index in [0.717, 1.165) is 31.2 Å². The molecular weight excluding hydrogens is 456 g/mol. The molecule has 9 heteroatoms. The topological polar surface area (TPSA) is 91.0 Å². The average Bonchev–Trinajstić information content (AvgIpc) is 2.85. The molecule has 0 bridgehead atoms. The molecule has 1 atom stereocenters. The number of halogens is 1. The summed E-state index contributed by atoms with van der Waals surface area (Å²) < 4.78 is 5.34. The number of rotatable bonds is 6. The molecule has 1 saturated carbocycles. The van der Waals surface area contributed by atoms with E-state index in [9.17, 15) is 14.4 Å². The Morgan fingerprint density at radius 3 is 2.38 bits per heavy atom. The summed E-state index contributed by atoms with van der Waals surface area (Å²) in [5, 5.41) is 6.25. The Bertz CT molecular complexity index is 935. The molecule has 1 aromatic carbocycles. The van der Waals surface area contributed by atoms with E-state index in [1.807, 2.05) is 4.90 Å². The minimum Gasteiger partial charge on any atom is -0.463 e. The van der Waals surface area contributed by atoms with E-state index in [4.69, 9.17) is 16.3 Å². The molecule has 0 spiro atoms. The Morgan fingerprint density at radius 1 is 1.06 bits per heavy atom. The maximum Gasteiger partial charge on any atom is 0.338 e. The molecule has 8 nitrogen and oxygen atoms in total. The van der Waals surface area contributed by atoms with Crippen LogP contribution in [-0.4, -0.2) is 67.0 Å². The molecule has 2 heterocycles. The summed E-state index contributed by atoms with van der Waals surface area (Å²) in [4.78, 5) is 42.5. The van der Waals surface area contributed by atoms with Gasteiger partial charge >= 0.3 is 12.0 Å². The van der Waals surface area contributed by atoms with E-state index in [-0.39, 0.29) is 24.5 Å². The molecule has 1 saturated heterocycles. The first-order valence-corrected chi connectivity index (χ1v) is 12.6. The quantitative estimate of drug-likeness (QED) is 0.600. The number of nitrogens with zero attached hydrogens (tertiary/aromatic N) is 2. The Kier molecular flexibility index (Phi) is 8.11. The van der Waals surface area contributed by atoms with Gasteiger partial charge in [0.25, 0.3) is 0 Å². The molecule has 2 fully saturated rings. The second-order valence-electron chi connectivity index (χ2n) is 9.13. The molecule has 184 valence electrons. The summed E-state index contributed by atoms with van der Waals surface area (Å²) in [5.41, 5.74) is 1.68. The molecule has 1 aliphatic carbocycles. The van der Waals surface area contributed by atoms with Gasteiger partial charge in [-0.1, -0.05) is 43.0 Å². The molecule has 2 N–H and O–H groups in total. The van der Waals surface area contributed by atoms with Gasteiger partial charge in [0.05, 0.1) is 18.2 Å². The fraction of sp³-hybridized carbons (Fsp3) is 0.560. The Hall–Kier alpha value is -2.58. The zero-order chi connectivity index (χ0) is 24.1. The van der Waals surface area contributed by atoms with Gasteiger partial charge in [-0.2, -0.15) is 0 Å². The minimum atomic E-state index is -0.630. The number of benzene rings is 1. The summed E-state index contributed by atoms with van der Waals surface area (Å²) in [5.74, 6) is -0.0120. The average molecular weight is 489 g/mol. The number of nitrogens with one attached hydrogen (secondary N) is 2. The highest BCUT2D eigenvalue weighted by atomic mass is 35.5. The molecule has 3 aliphatic rings. The number of carbonyl (C=O) groups is 3. The summed E-state index contributed by atoms with van der Waals surface area (Å²) in [6.07, 6.45) is 5.51. The maximum atomic E-state index is 13.0. The van der Waals surface area contributed by atoms with Gasteiger partial charge in [0, 0.05) is 49.4 Å². The number of hydrogen-bond donors (Lipinski definition) is 2. The zero-order valence-corrected chi connectivity index (χ0v) is 20.4. The first-order valence-electron chi connectivity index (χ1n) is 12.2. The van der Waals surface area contributed by atoms with Crippen molar-refractivity contribution in [3.63, 3.8) is 0 Å². The van der Waals surface area contributed by atoms with Gasteiger partial charge in [-0.3, -0.25) is 9.69 Å². The third-order valence-corrected chi connectivity index (χ3v) is 7.12. The Morgan fingerprint density at radius 2 is 1.74 bits per heavy atom. The van der Waals surface area contributed by atoms with Gasteiger partial charge in [-0.05, 0) is 37.5 Å². The molecule has 3 amide bonds. The lowest BCUT2D eigenvalue weighted by atomic mass is 9.88. The first-order chi connectivity index (χ1) is 16.5. The number of carbonyl (C=O) groups excluding carboxylic acids is 3. The van der Waals surface area contributed by atoms with E-state index >= 15 is 0 Å². The predicted molar refractivity (Wildman–Crippen MR) is 129 cm³/mol. The third kappa shape index (κ3) is 5.73. The van der Waals surface area contributed by atoms with E-state index in [1.165, 1.54) is 6.42 Å². The molecule has 0 aromatic heterocycles. The molecule has 1 unspecified atom stereocenters. The number of hydrogen-bond acceptors (Lipinski definition) is 5. The number of amides is 3. The Balaban J connectivity index is 1.49.